The van der Waals surface area contributed by atoms with Crippen molar-refractivity contribution in [1.82, 2.24) is 15.5 Å². The second-order valence-electron chi connectivity index (χ2n) is 4.50. The van der Waals surface area contributed by atoms with Gasteiger partial charge in [0, 0.05) is 13.0 Å². The van der Waals surface area contributed by atoms with Gasteiger partial charge in [-0.25, -0.2) is 0 Å². The molecular formula is C15H19N3O3. The summed E-state index contributed by atoms with van der Waals surface area (Å²) < 4.78 is 9.99. The second-order valence-corrected chi connectivity index (χ2v) is 4.50. The van der Waals surface area contributed by atoms with Crippen LogP contribution in [0.5, 0.6) is 0 Å². The number of nitrogens with zero attached hydrogens (tertiary/aromatic N) is 2. The minimum atomic E-state index is -0.208. The first-order chi connectivity index (χ1) is 10.3. The molecule has 1 aromatic carbocycles. The van der Waals surface area contributed by atoms with Crippen LogP contribution in [-0.4, -0.2) is 29.3 Å². The summed E-state index contributed by atoms with van der Waals surface area (Å²) in [5.41, 5.74) is 1.14. The van der Waals surface area contributed by atoms with Crippen LogP contribution >= 0.6 is 0 Å². The molecule has 1 heterocycles. The molecule has 0 radical (unpaired) electrons. The number of ether oxygens (including phenoxy) is 1. The van der Waals surface area contributed by atoms with Crippen LogP contribution in [0.15, 0.2) is 34.9 Å². The average Bonchev–Trinajstić information content (AvgIpc) is 2.92. The predicted octanol–water partition coefficient (Wildman–Crippen LogP) is 1.70. The van der Waals surface area contributed by atoms with Gasteiger partial charge in [0.1, 0.15) is 0 Å². The van der Waals surface area contributed by atoms with Crippen molar-refractivity contribution in [3.8, 4) is 0 Å². The van der Waals surface area contributed by atoms with E-state index in [0.29, 0.717) is 44.3 Å². The normalized spacial score (nSPS) is 10.5. The van der Waals surface area contributed by atoms with Gasteiger partial charge in [-0.2, -0.15) is 4.98 Å². The first-order valence-electron chi connectivity index (χ1n) is 6.99. The highest BCUT2D eigenvalue weighted by Crippen LogP contribution is 2.06. The molecule has 6 heteroatoms. The highest BCUT2D eigenvalue weighted by molar-refractivity contribution is 5.69. The fourth-order valence-electron chi connectivity index (χ4n) is 1.83. The van der Waals surface area contributed by atoms with Gasteiger partial charge >= 0.3 is 5.97 Å². The molecule has 0 fully saturated rings. The van der Waals surface area contributed by atoms with E-state index in [0.717, 1.165) is 5.56 Å². The van der Waals surface area contributed by atoms with Crippen LogP contribution < -0.4 is 5.32 Å². The van der Waals surface area contributed by atoms with E-state index in [4.69, 9.17) is 9.26 Å². The van der Waals surface area contributed by atoms with Crippen LogP contribution in [0.2, 0.25) is 0 Å². The number of benzene rings is 1. The summed E-state index contributed by atoms with van der Waals surface area (Å²) in [5.74, 6) is 0.966. The maximum atomic E-state index is 11.1. The van der Waals surface area contributed by atoms with Crippen molar-refractivity contribution in [2.24, 2.45) is 0 Å². The van der Waals surface area contributed by atoms with Crippen molar-refractivity contribution in [3.63, 3.8) is 0 Å². The SMILES string of the molecule is CCOC(=O)CCNCc1nc(Cc2ccccc2)no1. The van der Waals surface area contributed by atoms with E-state index in [1.165, 1.54) is 0 Å². The van der Waals surface area contributed by atoms with Gasteiger partial charge in [-0.3, -0.25) is 4.79 Å². The van der Waals surface area contributed by atoms with Crippen molar-refractivity contribution in [1.29, 1.82) is 0 Å². The predicted molar refractivity (Wildman–Crippen MR) is 76.5 cm³/mol. The van der Waals surface area contributed by atoms with Gasteiger partial charge in [0.15, 0.2) is 5.82 Å². The van der Waals surface area contributed by atoms with E-state index >= 15 is 0 Å². The molecule has 0 aliphatic rings. The molecule has 1 aromatic heterocycles. The van der Waals surface area contributed by atoms with E-state index in [1.54, 1.807) is 6.92 Å². The molecule has 0 bridgehead atoms. The van der Waals surface area contributed by atoms with Crippen molar-refractivity contribution >= 4 is 5.97 Å². The first-order valence-corrected chi connectivity index (χ1v) is 6.99. The summed E-state index contributed by atoms with van der Waals surface area (Å²) in [4.78, 5) is 15.5. The fourth-order valence-corrected chi connectivity index (χ4v) is 1.83. The van der Waals surface area contributed by atoms with Crippen molar-refractivity contribution in [2.45, 2.75) is 26.3 Å². The number of nitrogens with one attached hydrogen (secondary N) is 1. The van der Waals surface area contributed by atoms with Gasteiger partial charge in [-0.15, -0.1) is 0 Å². The molecule has 2 rings (SSSR count). The summed E-state index contributed by atoms with van der Waals surface area (Å²) in [6, 6.07) is 9.97. The largest absolute Gasteiger partial charge is 0.466 e. The zero-order chi connectivity index (χ0) is 14.9. The Morgan fingerprint density at radius 1 is 1.33 bits per heavy atom. The monoisotopic (exact) mass is 289 g/mol. The van der Waals surface area contributed by atoms with Crippen LogP contribution in [0, 0.1) is 0 Å². The Bertz CT molecular complexity index is 554. The number of hydrogen-bond donors (Lipinski definition) is 1. The van der Waals surface area contributed by atoms with Gasteiger partial charge in [-0.05, 0) is 12.5 Å². The number of aromatic nitrogens is 2. The zero-order valence-corrected chi connectivity index (χ0v) is 12.0. The van der Waals surface area contributed by atoms with Gasteiger partial charge in [0.05, 0.1) is 19.6 Å². The molecule has 0 amide bonds. The average molecular weight is 289 g/mol. The van der Waals surface area contributed by atoms with E-state index in [2.05, 4.69) is 15.5 Å². The summed E-state index contributed by atoms with van der Waals surface area (Å²) in [7, 11) is 0. The molecule has 6 nitrogen and oxygen atoms in total. The smallest absolute Gasteiger partial charge is 0.307 e. The van der Waals surface area contributed by atoms with Crippen molar-refractivity contribution < 1.29 is 14.1 Å². The molecule has 1 N–H and O–H groups in total. The third kappa shape index (κ3) is 5.35. The number of esters is 1. The summed E-state index contributed by atoms with van der Waals surface area (Å²) in [6.45, 7) is 3.17. The van der Waals surface area contributed by atoms with E-state index < -0.39 is 0 Å². The third-order valence-electron chi connectivity index (χ3n) is 2.80. The highest BCUT2D eigenvalue weighted by atomic mass is 16.5. The number of carbonyl (C=O) groups excluding carboxylic acids is 1. The van der Waals surface area contributed by atoms with Crippen LogP contribution in [0.3, 0.4) is 0 Å². The molecule has 2 aromatic rings. The highest BCUT2D eigenvalue weighted by Gasteiger charge is 2.07. The lowest BCUT2D eigenvalue weighted by molar-refractivity contribution is -0.142. The van der Waals surface area contributed by atoms with Gasteiger partial charge in [-0.1, -0.05) is 35.5 Å². The van der Waals surface area contributed by atoms with Crippen molar-refractivity contribution in [3.05, 3.63) is 47.6 Å². The van der Waals surface area contributed by atoms with Gasteiger partial charge < -0.3 is 14.6 Å². The summed E-state index contributed by atoms with van der Waals surface area (Å²) in [6.07, 6.45) is 0.978. The fraction of sp³-hybridized carbons (Fsp3) is 0.400. The first kappa shape index (κ1) is 15.2. The molecule has 21 heavy (non-hydrogen) atoms. The van der Waals surface area contributed by atoms with Crippen LogP contribution in [0.1, 0.15) is 30.6 Å². The molecule has 112 valence electrons. The Hall–Kier alpha value is -2.21. The zero-order valence-electron chi connectivity index (χ0n) is 12.0. The lowest BCUT2D eigenvalue weighted by atomic mass is 10.1. The Labute approximate surface area is 123 Å². The molecule has 0 aliphatic heterocycles. The molecule has 0 aliphatic carbocycles. The van der Waals surface area contributed by atoms with E-state index in [-0.39, 0.29) is 5.97 Å². The lowest BCUT2D eigenvalue weighted by Gasteiger charge is -2.01. The Balaban J connectivity index is 1.72. The summed E-state index contributed by atoms with van der Waals surface area (Å²) in [5, 5.41) is 7.01. The quantitative estimate of drug-likeness (QED) is 0.589. The third-order valence-corrected chi connectivity index (χ3v) is 2.80. The van der Waals surface area contributed by atoms with E-state index in [1.807, 2.05) is 30.3 Å². The Kier molecular flexibility index (Phi) is 5.90. The second kappa shape index (κ2) is 8.16. The van der Waals surface area contributed by atoms with Gasteiger partial charge in [0.25, 0.3) is 0 Å². The number of hydrogen-bond acceptors (Lipinski definition) is 6. The Morgan fingerprint density at radius 2 is 2.14 bits per heavy atom. The molecule has 0 saturated heterocycles. The maximum absolute atomic E-state index is 11.1. The molecule has 0 atom stereocenters. The molecule has 0 unspecified atom stereocenters. The van der Waals surface area contributed by atoms with Crippen molar-refractivity contribution in [2.75, 3.05) is 13.2 Å². The van der Waals surface area contributed by atoms with E-state index in [9.17, 15) is 4.79 Å². The topological polar surface area (TPSA) is 77.2 Å². The van der Waals surface area contributed by atoms with Crippen LogP contribution in [0.25, 0.3) is 0 Å². The number of rotatable bonds is 8. The molecular weight excluding hydrogens is 270 g/mol. The minimum Gasteiger partial charge on any atom is -0.466 e. The maximum Gasteiger partial charge on any atom is 0.307 e. The lowest BCUT2D eigenvalue weighted by Crippen LogP contribution is -2.19. The minimum absolute atomic E-state index is 0.208. The van der Waals surface area contributed by atoms with Crippen LogP contribution in [-0.2, 0) is 22.5 Å². The molecule has 0 spiro atoms. The van der Waals surface area contributed by atoms with Gasteiger partial charge in [0.2, 0.25) is 5.89 Å². The standard InChI is InChI=1S/C15H19N3O3/c1-2-20-15(19)8-9-16-11-14-17-13(18-21-14)10-12-6-4-3-5-7-12/h3-7,16H,2,8-11H2,1H3. The number of carbonyl (C=O) groups is 1. The molecule has 0 saturated carbocycles. The van der Waals surface area contributed by atoms with Crippen LogP contribution in [0.4, 0.5) is 0 Å². The summed E-state index contributed by atoms with van der Waals surface area (Å²) >= 11 is 0. The Morgan fingerprint density at radius 3 is 2.90 bits per heavy atom.